The van der Waals surface area contributed by atoms with E-state index in [1.807, 2.05) is 71.4 Å². The number of aliphatic imine (C=N–C) groups is 2. The van der Waals surface area contributed by atoms with Crippen molar-refractivity contribution in [3.05, 3.63) is 95.3 Å². The van der Waals surface area contributed by atoms with Crippen LogP contribution in [0, 0.1) is 5.41 Å². The molecule has 3 aliphatic heterocycles. The van der Waals surface area contributed by atoms with E-state index in [2.05, 4.69) is 27.7 Å². The molecule has 0 aliphatic carbocycles. The molecule has 2 amide bonds. The van der Waals surface area contributed by atoms with Crippen LogP contribution in [0.4, 0.5) is 5.69 Å². The number of nitrogens with two attached hydrogens (primary N) is 2. The lowest BCUT2D eigenvalue weighted by molar-refractivity contribution is -0.672. The number of rotatable bonds is 12. The zero-order valence-electron chi connectivity index (χ0n) is 26.0. The molecule has 5 N–H and O–H groups in total. The van der Waals surface area contributed by atoms with Crippen molar-refractivity contribution in [3.8, 4) is 0 Å². The van der Waals surface area contributed by atoms with E-state index in [9.17, 15) is 14.4 Å². The number of carbonyl (C=O) groups is 3. The second-order valence-corrected chi connectivity index (χ2v) is 12.2. The van der Waals surface area contributed by atoms with Crippen LogP contribution in [0.15, 0.2) is 94.2 Å². The number of carbonyl (C=O) groups excluding carboxylic acids is 2. The Morgan fingerprint density at radius 3 is 2.30 bits per heavy atom. The second kappa shape index (κ2) is 12.8. The Bertz CT molecular complexity index is 1630. The predicted octanol–water partition coefficient (Wildman–Crippen LogP) is 4.22. The van der Waals surface area contributed by atoms with Crippen molar-refractivity contribution in [2.24, 2.45) is 33.9 Å². The molecule has 0 saturated heterocycles. The quantitative estimate of drug-likeness (QED) is 0.187. The van der Waals surface area contributed by atoms with Gasteiger partial charge in [0.25, 0.3) is 11.8 Å². The van der Waals surface area contributed by atoms with Crippen LogP contribution in [0.1, 0.15) is 69.3 Å². The van der Waals surface area contributed by atoms with Crippen molar-refractivity contribution in [2.75, 3.05) is 6.54 Å². The number of hydrogen-bond donors (Lipinski definition) is 3. The number of allylic oxidation sites excluding steroid dienone is 8. The van der Waals surface area contributed by atoms with Crippen LogP contribution < -0.4 is 16.0 Å². The van der Waals surface area contributed by atoms with E-state index in [-0.39, 0.29) is 11.8 Å². The first kappa shape index (κ1) is 32.1. The zero-order chi connectivity index (χ0) is 32.2. The standard InChI is InChI=1S/C34H40N6O4/c1-33(2)24-20-39(5)18-22(31(35)43)29(24)37-26(33)14-10-7-6-8-11-15-27-34(3,4)25-21-40(17-13-9-12-16-28(41)42)19-23(32(36)44)30(25)38-27/h6-8,10-11,14-15,18-21H,9,12-13,16-17H2,1-5H3,(H4-,35,36,41,42,43,44)/p+1. The summed E-state index contributed by atoms with van der Waals surface area (Å²) in [6.07, 6.45) is 23.2. The maximum atomic E-state index is 12.3. The summed E-state index contributed by atoms with van der Waals surface area (Å²) in [4.78, 5) is 46.5. The lowest BCUT2D eigenvalue weighted by atomic mass is 9.79. The van der Waals surface area contributed by atoms with Crippen LogP contribution in [0.2, 0.25) is 0 Å². The third-order valence-corrected chi connectivity index (χ3v) is 8.16. The van der Waals surface area contributed by atoms with Gasteiger partial charge in [-0.2, -0.15) is 0 Å². The Morgan fingerprint density at radius 1 is 0.909 bits per heavy atom. The number of fused-ring (bicyclic) bond motifs is 2. The molecule has 1 aromatic heterocycles. The van der Waals surface area contributed by atoms with Crippen LogP contribution in [0.5, 0.6) is 0 Å². The number of pyridine rings is 1. The molecule has 10 heteroatoms. The van der Waals surface area contributed by atoms with Gasteiger partial charge in [0, 0.05) is 41.8 Å². The molecule has 0 saturated carbocycles. The summed E-state index contributed by atoms with van der Waals surface area (Å²) in [5.41, 5.74) is 16.0. The van der Waals surface area contributed by atoms with Gasteiger partial charge in [-0.15, -0.1) is 0 Å². The van der Waals surface area contributed by atoms with Gasteiger partial charge in [-0.05, 0) is 38.8 Å². The second-order valence-electron chi connectivity index (χ2n) is 12.2. The maximum absolute atomic E-state index is 12.3. The number of unbranched alkanes of at least 4 members (excludes halogenated alkanes) is 2. The maximum Gasteiger partial charge on any atom is 0.303 e. The van der Waals surface area contributed by atoms with Gasteiger partial charge < -0.3 is 21.5 Å². The van der Waals surface area contributed by atoms with Crippen molar-refractivity contribution in [1.82, 2.24) is 4.90 Å². The van der Waals surface area contributed by atoms with Gasteiger partial charge in [-0.25, -0.2) is 4.57 Å². The van der Waals surface area contributed by atoms with E-state index in [0.29, 0.717) is 35.5 Å². The number of primary amides is 2. The van der Waals surface area contributed by atoms with Crippen LogP contribution in [0.25, 0.3) is 0 Å². The van der Waals surface area contributed by atoms with Crippen molar-refractivity contribution < 1.29 is 24.1 Å². The van der Waals surface area contributed by atoms with E-state index < -0.39 is 23.2 Å². The summed E-state index contributed by atoms with van der Waals surface area (Å²) in [6, 6.07) is 0. The van der Waals surface area contributed by atoms with Gasteiger partial charge in [0.05, 0.1) is 33.9 Å². The summed E-state index contributed by atoms with van der Waals surface area (Å²) in [6.45, 7) is 8.92. The van der Waals surface area contributed by atoms with Gasteiger partial charge in [0.15, 0.2) is 12.4 Å². The van der Waals surface area contributed by atoms with Gasteiger partial charge in [-0.1, -0.05) is 50.6 Å². The molecule has 0 atom stereocenters. The highest BCUT2D eigenvalue weighted by atomic mass is 16.4. The number of hydrogen-bond acceptors (Lipinski definition) is 6. The van der Waals surface area contributed by atoms with E-state index in [1.165, 1.54) is 0 Å². The summed E-state index contributed by atoms with van der Waals surface area (Å²) in [5.74, 6) is -1.83. The normalized spacial score (nSPS) is 19.3. The fourth-order valence-corrected chi connectivity index (χ4v) is 5.51. The molecule has 4 rings (SSSR count). The highest BCUT2D eigenvalue weighted by Gasteiger charge is 2.41. The average Bonchev–Trinajstić information content (AvgIpc) is 3.34. The number of carboxylic acids is 1. The summed E-state index contributed by atoms with van der Waals surface area (Å²) in [5, 5.41) is 8.85. The molecule has 1 aromatic rings. The highest BCUT2D eigenvalue weighted by molar-refractivity contribution is 6.30. The molecular weight excluding hydrogens is 556 g/mol. The Balaban J connectivity index is 1.44. The van der Waals surface area contributed by atoms with Crippen molar-refractivity contribution in [2.45, 2.75) is 58.8 Å². The monoisotopic (exact) mass is 597 g/mol. The molecule has 3 aliphatic rings. The smallest absolute Gasteiger partial charge is 0.303 e. The van der Waals surface area contributed by atoms with Crippen LogP contribution in [-0.2, 0) is 22.1 Å². The summed E-state index contributed by atoms with van der Waals surface area (Å²) in [7, 11) is 1.86. The first-order valence-corrected chi connectivity index (χ1v) is 14.7. The molecule has 10 nitrogen and oxygen atoms in total. The van der Waals surface area contributed by atoms with Crippen molar-refractivity contribution in [3.63, 3.8) is 0 Å². The van der Waals surface area contributed by atoms with E-state index >= 15 is 0 Å². The lowest BCUT2D eigenvalue weighted by Gasteiger charge is -2.29. The Kier molecular flexibility index (Phi) is 9.32. The number of aromatic nitrogens is 1. The Labute approximate surface area is 258 Å². The SMILES string of the molecule is C[n+]1cc(C(N)=O)c2c(c1)C(C)(C)C(/C=C/C=C/C=C/C=C1\N=C3C(C(N)=O)=CN(CCCCCC(=O)O)C=C3C1(C)C)=N2. The predicted molar refractivity (Wildman–Crippen MR) is 171 cm³/mol. The van der Waals surface area contributed by atoms with Gasteiger partial charge in [-0.3, -0.25) is 24.4 Å². The minimum Gasteiger partial charge on any atom is -0.481 e. The number of carboxylic acid groups (broad SMARTS) is 1. The van der Waals surface area contributed by atoms with Gasteiger partial charge in [0.1, 0.15) is 12.6 Å². The van der Waals surface area contributed by atoms with Crippen molar-refractivity contribution >= 4 is 34.9 Å². The van der Waals surface area contributed by atoms with Gasteiger partial charge >= 0.3 is 5.97 Å². The number of amides is 2. The fraction of sp³-hybridized carbons (Fsp3) is 0.353. The Morgan fingerprint density at radius 2 is 1.61 bits per heavy atom. The average molecular weight is 598 g/mol. The number of nitrogens with zero attached hydrogens (tertiary/aromatic N) is 4. The molecule has 0 spiro atoms. The molecular formula is C34H41N6O4+. The zero-order valence-corrected chi connectivity index (χ0v) is 26.0. The van der Waals surface area contributed by atoms with E-state index in [1.54, 1.807) is 12.4 Å². The molecule has 0 aromatic carbocycles. The van der Waals surface area contributed by atoms with E-state index in [0.717, 1.165) is 35.4 Å². The largest absolute Gasteiger partial charge is 0.481 e. The minimum atomic E-state index is -0.792. The van der Waals surface area contributed by atoms with Crippen LogP contribution in [-0.4, -0.2) is 45.8 Å². The van der Waals surface area contributed by atoms with Crippen LogP contribution >= 0.6 is 0 Å². The Hall–Kier alpha value is -4.86. The lowest BCUT2D eigenvalue weighted by Crippen LogP contribution is -2.33. The van der Waals surface area contributed by atoms with Crippen LogP contribution in [0.3, 0.4) is 0 Å². The first-order chi connectivity index (χ1) is 20.7. The molecule has 0 fully saturated rings. The fourth-order valence-electron chi connectivity index (χ4n) is 5.51. The summed E-state index contributed by atoms with van der Waals surface area (Å²) < 4.78 is 1.83. The molecule has 4 heterocycles. The highest BCUT2D eigenvalue weighted by Crippen LogP contribution is 2.45. The summed E-state index contributed by atoms with van der Waals surface area (Å²) >= 11 is 0. The first-order valence-electron chi connectivity index (χ1n) is 14.7. The van der Waals surface area contributed by atoms with Crippen molar-refractivity contribution in [1.29, 1.82) is 0 Å². The third-order valence-electron chi connectivity index (χ3n) is 8.16. The third kappa shape index (κ3) is 6.69. The molecule has 0 radical (unpaired) electrons. The number of aryl methyl sites for hydroxylation is 1. The molecule has 230 valence electrons. The minimum absolute atomic E-state index is 0.154. The van der Waals surface area contributed by atoms with Gasteiger partial charge in [0.2, 0.25) is 0 Å². The van der Waals surface area contributed by atoms with E-state index in [4.69, 9.17) is 26.6 Å². The molecule has 44 heavy (non-hydrogen) atoms. The molecule has 0 unspecified atom stereocenters. The topological polar surface area (TPSA) is 155 Å². The number of aliphatic carboxylic acids is 1. The molecule has 0 bridgehead atoms.